The van der Waals surface area contributed by atoms with Crippen LogP contribution in [0, 0.1) is 0 Å². The van der Waals surface area contributed by atoms with Crippen LogP contribution >= 0.6 is 27.5 Å². The highest BCUT2D eigenvalue weighted by Gasteiger charge is 2.11. The zero-order valence-electron chi connectivity index (χ0n) is 8.36. The first-order chi connectivity index (χ1) is 7.65. The SMILES string of the molecule is NC(Cc1ccc(Br)cn1)c1ccc(Cl)o1. The maximum absolute atomic E-state index is 5.97. The molecule has 0 aliphatic heterocycles. The van der Waals surface area contributed by atoms with Crippen molar-refractivity contribution in [1.82, 2.24) is 4.98 Å². The number of nitrogens with two attached hydrogens (primary N) is 1. The first-order valence-electron chi connectivity index (χ1n) is 4.76. The molecular weight excluding hydrogens is 291 g/mol. The fourth-order valence-electron chi connectivity index (χ4n) is 1.38. The van der Waals surface area contributed by atoms with Crippen LogP contribution in [0.15, 0.2) is 39.4 Å². The van der Waals surface area contributed by atoms with E-state index in [2.05, 4.69) is 20.9 Å². The molecule has 0 aromatic carbocycles. The van der Waals surface area contributed by atoms with Crippen molar-refractivity contribution in [3.05, 3.63) is 51.6 Å². The van der Waals surface area contributed by atoms with E-state index in [0.29, 0.717) is 17.4 Å². The molecule has 2 aromatic rings. The van der Waals surface area contributed by atoms with Gasteiger partial charge in [0.15, 0.2) is 5.22 Å². The summed E-state index contributed by atoms with van der Waals surface area (Å²) in [6, 6.07) is 7.11. The minimum absolute atomic E-state index is 0.221. The van der Waals surface area contributed by atoms with Gasteiger partial charge in [0.05, 0.1) is 6.04 Å². The molecule has 0 amide bonds. The molecule has 1 unspecified atom stereocenters. The van der Waals surface area contributed by atoms with Crippen LogP contribution < -0.4 is 5.73 Å². The maximum atomic E-state index is 5.97. The van der Waals surface area contributed by atoms with Crippen LogP contribution in [0.3, 0.4) is 0 Å². The zero-order chi connectivity index (χ0) is 11.5. The maximum Gasteiger partial charge on any atom is 0.193 e. The molecule has 84 valence electrons. The lowest BCUT2D eigenvalue weighted by Crippen LogP contribution is -2.13. The van der Waals surface area contributed by atoms with Crippen LogP contribution in [0.1, 0.15) is 17.5 Å². The van der Waals surface area contributed by atoms with E-state index in [4.69, 9.17) is 21.8 Å². The second kappa shape index (κ2) is 4.99. The third kappa shape index (κ3) is 2.84. The molecule has 0 bridgehead atoms. The van der Waals surface area contributed by atoms with Crippen molar-refractivity contribution in [2.24, 2.45) is 5.73 Å². The van der Waals surface area contributed by atoms with E-state index in [1.165, 1.54) is 0 Å². The molecule has 0 aliphatic carbocycles. The Labute approximate surface area is 107 Å². The monoisotopic (exact) mass is 300 g/mol. The lowest BCUT2D eigenvalue weighted by atomic mass is 10.1. The molecule has 2 heterocycles. The van der Waals surface area contributed by atoms with Crippen molar-refractivity contribution in [3.63, 3.8) is 0 Å². The molecule has 5 heteroatoms. The van der Waals surface area contributed by atoms with Crippen molar-refractivity contribution in [2.75, 3.05) is 0 Å². The van der Waals surface area contributed by atoms with E-state index in [1.807, 2.05) is 12.1 Å². The van der Waals surface area contributed by atoms with Gasteiger partial charge in [0, 0.05) is 22.8 Å². The van der Waals surface area contributed by atoms with Gasteiger partial charge in [-0.25, -0.2) is 0 Å². The summed E-state index contributed by atoms with van der Waals surface area (Å²) in [5, 5.41) is 0.356. The molecule has 0 saturated heterocycles. The van der Waals surface area contributed by atoms with Crippen molar-refractivity contribution in [2.45, 2.75) is 12.5 Å². The predicted molar refractivity (Wildman–Crippen MR) is 66.3 cm³/mol. The van der Waals surface area contributed by atoms with Crippen molar-refractivity contribution in [3.8, 4) is 0 Å². The summed E-state index contributed by atoms with van der Waals surface area (Å²) in [4.78, 5) is 4.25. The van der Waals surface area contributed by atoms with Crippen molar-refractivity contribution >= 4 is 27.5 Å². The highest BCUT2D eigenvalue weighted by Crippen LogP contribution is 2.21. The molecule has 0 aliphatic rings. The van der Waals surface area contributed by atoms with Gasteiger partial charge >= 0.3 is 0 Å². The highest BCUT2D eigenvalue weighted by atomic mass is 79.9. The van der Waals surface area contributed by atoms with Gasteiger partial charge in [-0.15, -0.1) is 0 Å². The molecule has 0 radical (unpaired) electrons. The smallest absolute Gasteiger partial charge is 0.193 e. The standard InChI is InChI=1S/C11H10BrClN2O/c12-7-1-2-8(15-6-7)5-9(14)10-3-4-11(13)16-10/h1-4,6,9H,5,14H2. The van der Waals surface area contributed by atoms with Crippen molar-refractivity contribution in [1.29, 1.82) is 0 Å². The second-order valence-corrected chi connectivity index (χ2v) is 4.71. The molecule has 2 rings (SSSR count). The normalized spacial score (nSPS) is 12.7. The first-order valence-corrected chi connectivity index (χ1v) is 5.93. The molecule has 2 N–H and O–H groups in total. The summed E-state index contributed by atoms with van der Waals surface area (Å²) in [5.74, 6) is 0.676. The molecule has 1 atom stereocenters. The summed E-state index contributed by atoms with van der Waals surface area (Å²) in [5.41, 5.74) is 6.89. The quantitative estimate of drug-likeness (QED) is 0.946. The number of rotatable bonds is 3. The zero-order valence-corrected chi connectivity index (χ0v) is 10.7. The fraction of sp³-hybridized carbons (Fsp3) is 0.182. The van der Waals surface area contributed by atoms with Gasteiger partial charge in [0.1, 0.15) is 5.76 Å². The van der Waals surface area contributed by atoms with E-state index in [-0.39, 0.29) is 6.04 Å². The van der Waals surface area contributed by atoms with E-state index >= 15 is 0 Å². The Hall–Kier alpha value is -0.840. The first kappa shape index (κ1) is 11.6. The van der Waals surface area contributed by atoms with E-state index in [9.17, 15) is 0 Å². The highest BCUT2D eigenvalue weighted by molar-refractivity contribution is 9.10. The van der Waals surface area contributed by atoms with E-state index < -0.39 is 0 Å². The largest absolute Gasteiger partial charge is 0.448 e. The van der Waals surface area contributed by atoms with Gasteiger partial charge in [-0.3, -0.25) is 4.98 Å². The minimum atomic E-state index is -0.221. The molecular formula is C11H10BrClN2O. The average Bonchev–Trinajstić information content (AvgIpc) is 2.68. The van der Waals surface area contributed by atoms with E-state index in [1.54, 1.807) is 18.3 Å². The Morgan fingerprint density at radius 2 is 2.19 bits per heavy atom. The molecule has 3 nitrogen and oxygen atoms in total. The second-order valence-electron chi connectivity index (χ2n) is 3.42. The van der Waals surface area contributed by atoms with Gasteiger partial charge in [0.2, 0.25) is 0 Å². The number of hydrogen-bond acceptors (Lipinski definition) is 3. The van der Waals surface area contributed by atoms with Crippen LogP contribution in [0.25, 0.3) is 0 Å². The van der Waals surface area contributed by atoms with Gasteiger partial charge in [0.25, 0.3) is 0 Å². The number of nitrogens with zero attached hydrogens (tertiary/aromatic N) is 1. The minimum Gasteiger partial charge on any atom is -0.448 e. The fourth-order valence-corrected chi connectivity index (χ4v) is 1.77. The molecule has 0 fully saturated rings. The lowest BCUT2D eigenvalue weighted by molar-refractivity contribution is 0.464. The number of halogens is 2. The third-order valence-electron chi connectivity index (χ3n) is 2.18. The van der Waals surface area contributed by atoms with Crippen LogP contribution in [-0.4, -0.2) is 4.98 Å². The third-order valence-corrected chi connectivity index (χ3v) is 2.85. The Balaban J connectivity index is 2.07. The van der Waals surface area contributed by atoms with Crippen LogP contribution in [-0.2, 0) is 6.42 Å². The number of hydrogen-bond donors (Lipinski definition) is 1. The molecule has 16 heavy (non-hydrogen) atoms. The van der Waals surface area contributed by atoms with Crippen LogP contribution in [0.2, 0.25) is 5.22 Å². The summed E-state index contributed by atoms with van der Waals surface area (Å²) in [6.45, 7) is 0. The Morgan fingerprint density at radius 1 is 1.38 bits per heavy atom. The Morgan fingerprint density at radius 3 is 2.75 bits per heavy atom. The predicted octanol–water partition coefficient (Wildman–Crippen LogP) is 3.33. The molecule has 0 spiro atoms. The Bertz CT molecular complexity index is 469. The van der Waals surface area contributed by atoms with Gasteiger partial charge in [-0.1, -0.05) is 0 Å². The molecule has 0 saturated carbocycles. The summed E-state index contributed by atoms with van der Waals surface area (Å²) < 4.78 is 6.19. The topological polar surface area (TPSA) is 52.0 Å². The average molecular weight is 302 g/mol. The number of aromatic nitrogens is 1. The summed E-state index contributed by atoms with van der Waals surface area (Å²) in [6.07, 6.45) is 2.37. The number of furan rings is 1. The molecule has 2 aromatic heterocycles. The van der Waals surface area contributed by atoms with Gasteiger partial charge in [-0.2, -0.15) is 0 Å². The van der Waals surface area contributed by atoms with Crippen LogP contribution in [0.4, 0.5) is 0 Å². The van der Waals surface area contributed by atoms with Crippen molar-refractivity contribution < 1.29 is 4.42 Å². The van der Waals surface area contributed by atoms with E-state index in [0.717, 1.165) is 10.2 Å². The lowest BCUT2D eigenvalue weighted by Gasteiger charge is -2.07. The van der Waals surface area contributed by atoms with Gasteiger partial charge in [-0.05, 0) is 51.8 Å². The summed E-state index contributed by atoms with van der Waals surface area (Å²) >= 11 is 9.01. The van der Waals surface area contributed by atoms with Crippen LogP contribution in [0.5, 0.6) is 0 Å². The summed E-state index contributed by atoms with van der Waals surface area (Å²) in [7, 11) is 0. The van der Waals surface area contributed by atoms with Gasteiger partial charge < -0.3 is 10.2 Å². The number of pyridine rings is 1. The Kier molecular flexibility index (Phi) is 3.63.